The van der Waals surface area contributed by atoms with Gasteiger partial charge < -0.3 is 9.47 Å². The molecule has 130 valence electrons. The Labute approximate surface area is 147 Å². The zero-order chi connectivity index (χ0) is 18.8. The van der Waals surface area contributed by atoms with Gasteiger partial charge >= 0.3 is 17.9 Å². The van der Waals surface area contributed by atoms with Crippen molar-refractivity contribution in [2.24, 2.45) is 0 Å². The largest absolute Gasteiger partial charge is 0.462 e. The molecule has 0 bridgehead atoms. The van der Waals surface area contributed by atoms with Crippen LogP contribution >= 0.6 is 0 Å². The van der Waals surface area contributed by atoms with Gasteiger partial charge in [-0.2, -0.15) is 0 Å². The highest BCUT2D eigenvalue weighted by Gasteiger charge is 2.30. The van der Waals surface area contributed by atoms with Crippen LogP contribution in [0.25, 0.3) is 0 Å². The number of ether oxygens (including phenoxy) is 2. The second-order valence-electron chi connectivity index (χ2n) is 5.41. The van der Waals surface area contributed by atoms with Crippen molar-refractivity contribution in [1.82, 2.24) is 0 Å². The van der Waals surface area contributed by atoms with Gasteiger partial charge in [0.25, 0.3) is 0 Å². The monoisotopic (exact) mass is 352 g/mol. The number of carbonyl (C=O) groups is 5. The lowest BCUT2D eigenvalue weighted by Crippen LogP contribution is -2.11. The van der Waals surface area contributed by atoms with Crippen molar-refractivity contribution >= 4 is 30.0 Å². The third-order valence-electron chi connectivity index (χ3n) is 3.84. The third-order valence-corrected chi connectivity index (χ3v) is 3.84. The molecule has 0 radical (unpaired) electrons. The van der Waals surface area contributed by atoms with Crippen molar-refractivity contribution in [1.29, 1.82) is 0 Å². The number of carbonyl (C=O) groups excluding carboxylic acids is 5. The number of cyclic esters (lactones) is 2. The zero-order valence-electron chi connectivity index (χ0n) is 13.6. The molecule has 0 aliphatic carbocycles. The first-order valence-electron chi connectivity index (χ1n) is 7.68. The molecule has 2 aromatic rings. The fraction of sp³-hybridized carbons (Fsp3) is 0.105. The van der Waals surface area contributed by atoms with Crippen LogP contribution in [0, 0.1) is 0 Å². The fourth-order valence-corrected chi connectivity index (χ4v) is 2.58. The molecule has 0 amide bonds. The topological polar surface area (TPSA) is 104 Å². The normalized spacial score (nSPS) is 12.3. The SMILES string of the molecule is CCOC(=O)c1cc(C(=O)c2ccc3c(c2)C(=O)OC3=O)ccc1C=O. The van der Waals surface area contributed by atoms with Crippen molar-refractivity contribution < 1.29 is 33.4 Å². The summed E-state index contributed by atoms with van der Waals surface area (Å²) >= 11 is 0. The van der Waals surface area contributed by atoms with Gasteiger partial charge in [0.1, 0.15) is 0 Å². The number of hydrogen-bond donors (Lipinski definition) is 0. The number of rotatable bonds is 5. The van der Waals surface area contributed by atoms with Crippen LogP contribution in [0.15, 0.2) is 36.4 Å². The van der Waals surface area contributed by atoms with Crippen molar-refractivity contribution in [3.8, 4) is 0 Å². The van der Waals surface area contributed by atoms with Crippen LogP contribution < -0.4 is 0 Å². The second-order valence-corrected chi connectivity index (χ2v) is 5.41. The number of esters is 3. The summed E-state index contributed by atoms with van der Waals surface area (Å²) in [6, 6.07) is 7.99. The molecule has 0 aromatic heterocycles. The summed E-state index contributed by atoms with van der Waals surface area (Å²) in [5.74, 6) is -2.78. The highest BCUT2D eigenvalue weighted by atomic mass is 16.6. The van der Waals surface area contributed by atoms with Crippen LogP contribution in [0.5, 0.6) is 0 Å². The Morgan fingerprint density at radius 3 is 2.35 bits per heavy atom. The Bertz CT molecular complexity index is 972. The minimum Gasteiger partial charge on any atom is -0.462 e. The highest BCUT2D eigenvalue weighted by molar-refractivity contribution is 6.17. The van der Waals surface area contributed by atoms with Crippen LogP contribution in [0.3, 0.4) is 0 Å². The molecule has 1 heterocycles. The molecule has 0 fully saturated rings. The van der Waals surface area contributed by atoms with E-state index in [2.05, 4.69) is 4.74 Å². The predicted molar refractivity (Wildman–Crippen MR) is 87.4 cm³/mol. The van der Waals surface area contributed by atoms with Crippen LogP contribution in [0.2, 0.25) is 0 Å². The number of ketones is 1. The molecule has 0 spiro atoms. The van der Waals surface area contributed by atoms with Crippen LogP contribution in [0.1, 0.15) is 64.3 Å². The van der Waals surface area contributed by atoms with Crippen LogP contribution in [-0.4, -0.2) is 36.6 Å². The maximum atomic E-state index is 12.7. The first-order chi connectivity index (χ1) is 12.5. The Hall–Kier alpha value is -3.61. The Balaban J connectivity index is 2.01. The van der Waals surface area contributed by atoms with E-state index in [1.807, 2.05) is 0 Å². The lowest BCUT2D eigenvalue weighted by Gasteiger charge is -2.08. The molecule has 3 rings (SSSR count). The molecule has 7 heteroatoms. The van der Waals surface area contributed by atoms with Crippen LogP contribution in [0.4, 0.5) is 0 Å². The molecular weight excluding hydrogens is 340 g/mol. The summed E-state index contributed by atoms with van der Waals surface area (Å²) in [4.78, 5) is 58.9. The number of fused-ring (bicyclic) bond motifs is 1. The molecule has 1 aliphatic heterocycles. The Morgan fingerprint density at radius 2 is 1.65 bits per heavy atom. The molecule has 26 heavy (non-hydrogen) atoms. The lowest BCUT2D eigenvalue weighted by atomic mass is 9.96. The molecule has 2 aromatic carbocycles. The van der Waals surface area contributed by atoms with E-state index in [0.29, 0.717) is 6.29 Å². The second kappa shape index (κ2) is 6.72. The van der Waals surface area contributed by atoms with E-state index in [9.17, 15) is 24.0 Å². The molecule has 0 saturated heterocycles. The maximum absolute atomic E-state index is 12.7. The van der Waals surface area contributed by atoms with Gasteiger partial charge in [0.05, 0.1) is 23.3 Å². The van der Waals surface area contributed by atoms with Crippen LogP contribution in [-0.2, 0) is 9.47 Å². The molecule has 0 atom stereocenters. The van der Waals surface area contributed by atoms with E-state index in [0.717, 1.165) is 0 Å². The van der Waals surface area contributed by atoms with E-state index in [-0.39, 0.29) is 40.0 Å². The minimum atomic E-state index is -0.817. The Morgan fingerprint density at radius 1 is 1.00 bits per heavy atom. The Kier molecular flexibility index (Phi) is 4.45. The van der Waals surface area contributed by atoms with Gasteiger partial charge in [-0.3, -0.25) is 9.59 Å². The predicted octanol–water partition coefficient (Wildman–Crippen LogP) is 2.22. The molecule has 7 nitrogen and oxygen atoms in total. The standard InChI is InChI=1S/C19H12O7/c1-2-25-17(22)14-7-10(3-4-12(14)9-20)16(21)11-5-6-13-15(8-11)19(24)26-18(13)23/h3-9H,2H2,1H3. The van der Waals surface area contributed by atoms with Crippen molar-refractivity contribution in [3.63, 3.8) is 0 Å². The average molecular weight is 352 g/mol. The zero-order valence-corrected chi connectivity index (χ0v) is 13.6. The van der Waals surface area contributed by atoms with E-state index >= 15 is 0 Å². The molecule has 0 saturated carbocycles. The van der Waals surface area contributed by atoms with Crippen molar-refractivity contribution in [2.75, 3.05) is 6.61 Å². The summed E-state index contributed by atoms with van der Waals surface area (Å²) < 4.78 is 9.38. The van der Waals surface area contributed by atoms with Gasteiger partial charge in [0.2, 0.25) is 0 Å². The first kappa shape index (κ1) is 17.2. The summed E-state index contributed by atoms with van der Waals surface area (Å²) in [6.07, 6.45) is 0.498. The fourth-order valence-electron chi connectivity index (χ4n) is 2.58. The van der Waals surface area contributed by atoms with E-state index in [1.165, 1.54) is 36.4 Å². The van der Waals surface area contributed by atoms with Gasteiger partial charge in [0.15, 0.2) is 12.1 Å². The number of aldehydes is 1. The lowest BCUT2D eigenvalue weighted by molar-refractivity contribution is 0.0441. The quantitative estimate of drug-likeness (QED) is 0.352. The van der Waals surface area contributed by atoms with Gasteiger partial charge in [-0.15, -0.1) is 0 Å². The van der Waals surface area contributed by atoms with Gasteiger partial charge in [-0.25, -0.2) is 14.4 Å². The summed E-state index contributed by atoms with van der Waals surface area (Å²) in [5, 5.41) is 0. The molecule has 1 aliphatic rings. The molecule has 0 unspecified atom stereocenters. The number of benzene rings is 2. The molecule has 0 N–H and O–H groups in total. The summed E-state index contributed by atoms with van der Waals surface area (Å²) in [5.41, 5.74) is 0.456. The molecular formula is C19H12O7. The van der Waals surface area contributed by atoms with E-state index in [1.54, 1.807) is 6.92 Å². The van der Waals surface area contributed by atoms with Crippen molar-refractivity contribution in [2.45, 2.75) is 6.92 Å². The number of hydrogen-bond acceptors (Lipinski definition) is 7. The maximum Gasteiger partial charge on any atom is 0.346 e. The summed E-state index contributed by atoms with van der Waals surface area (Å²) in [7, 11) is 0. The van der Waals surface area contributed by atoms with Gasteiger partial charge in [-0.05, 0) is 25.1 Å². The minimum absolute atomic E-state index is 0.0102. The summed E-state index contributed by atoms with van der Waals surface area (Å²) in [6.45, 7) is 1.74. The first-order valence-corrected chi connectivity index (χ1v) is 7.68. The highest BCUT2D eigenvalue weighted by Crippen LogP contribution is 2.23. The average Bonchev–Trinajstić information content (AvgIpc) is 2.94. The van der Waals surface area contributed by atoms with Gasteiger partial charge in [0, 0.05) is 16.7 Å². The van der Waals surface area contributed by atoms with Gasteiger partial charge in [-0.1, -0.05) is 18.2 Å². The van der Waals surface area contributed by atoms with E-state index in [4.69, 9.17) is 4.74 Å². The van der Waals surface area contributed by atoms with E-state index < -0.39 is 23.7 Å². The third kappa shape index (κ3) is 2.90. The smallest absolute Gasteiger partial charge is 0.346 e. The van der Waals surface area contributed by atoms with Crippen molar-refractivity contribution in [3.05, 3.63) is 69.8 Å².